The molecule has 3 rings (SSSR count). The molecule has 1 saturated carbocycles. The average molecular weight is 401 g/mol. The lowest BCUT2D eigenvalue weighted by atomic mass is 9.84. The first kappa shape index (κ1) is 20.9. The molecule has 1 unspecified atom stereocenters. The molecule has 6 heteroatoms. The van der Waals surface area contributed by atoms with Crippen molar-refractivity contribution in [3.8, 4) is 0 Å². The molecule has 1 saturated heterocycles. The van der Waals surface area contributed by atoms with E-state index in [2.05, 4.69) is 17.4 Å². The quantitative estimate of drug-likeness (QED) is 0.757. The molecule has 2 aliphatic rings. The van der Waals surface area contributed by atoms with E-state index in [0.29, 0.717) is 17.0 Å². The predicted molar refractivity (Wildman–Crippen MR) is 113 cm³/mol. The third kappa shape index (κ3) is 5.81. The SMILES string of the molecule is Cl.NCC(NC(=O)c1ccc(C2SCCCS2)cc1)C1CCCCC1. The van der Waals surface area contributed by atoms with Crippen molar-refractivity contribution in [2.75, 3.05) is 18.1 Å². The van der Waals surface area contributed by atoms with Crippen LogP contribution in [-0.2, 0) is 0 Å². The molecule has 0 radical (unpaired) electrons. The van der Waals surface area contributed by atoms with Crippen LogP contribution in [0.4, 0.5) is 0 Å². The van der Waals surface area contributed by atoms with Crippen LogP contribution in [0, 0.1) is 5.92 Å². The van der Waals surface area contributed by atoms with Gasteiger partial charge >= 0.3 is 0 Å². The summed E-state index contributed by atoms with van der Waals surface area (Å²) in [6.45, 7) is 0.532. The van der Waals surface area contributed by atoms with Gasteiger partial charge in [-0.3, -0.25) is 4.79 Å². The zero-order valence-corrected chi connectivity index (χ0v) is 17.1. The van der Waals surface area contributed by atoms with Crippen LogP contribution in [0.3, 0.4) is 0 Å². The van der Waals surface area contributed by atoms with E-state index in [1.54, 1.807) is 0 Å². The highest BCUT2D eigenvalue weighted by Crippen LogP contribution is 2.43. The van der Waals surface area contributed by atoms with Crippen LogP contribution in [0.5, 0.6) is 0 Å². The Morgan fingerprint density at radius 1 is 1.08 bits per heavy atom. The van der Waals surface area contributed by atoms with E-state index in [-0.39, 0.29) is 24.4 Å². The normalized spacial score (nSPS) is 20.5. The second-order valence-corrected chi connectivity index (χ2v) is 9.49. The van der Waals surface area contributed by atoms with Gasteiger partial charge in [0, 0.05) is 18.2 Å². The van der Waals surface area contributed by atoms with Crippen LogP contribution >= 0.6 is 35.9 Å². The summed E-state index contributed by atoms with van der Waals surface area (Å²) in [6, 6.07) is 8.28. The number of amides is 1. The Kier molecular flexibility index (Phi) is 8.97. The third-order valence-electron chi connectivity index (χ3n) is 5.06. The maximum Gasteiger partial charge on any atom is 0.251 e. The van der Waals surface area contributed by atoms with E-state index in [9.17, 15) is 4.79 Å². The minimum Gasteiger partial charge on any atom is -0.348 e. The first-order valence-electron chi connectivity index (χ1n) is 9.12. The molecule has 1 aliphatic heterocycles. The average Bonchev–Trinajstić information content (AvgIpc) is 2.67. The number of nitrogens with one attached hydrogen (secondary N) is 1. The Morgan fingerprint density at radius 3 is 2.32 bits per heavy atom. The van der Waals surface area contributed by atoms with Crippen molar-refractivity contribution in [3.63, 3.8) is 0 Å². The molecule has 2 fully saturated rings. The van der Waals surface area contributed by atoms with E-state index in [1.165, 1.54) is 55.6 Å². The first-order chi connectivity index (χ1) is 11.8. The van der Waals surface area contributed by atoms with Crippen LogP contribution in [0.15, 0.2) is 24.3 Å². The predicted octanol–water partition coefficient (Wildman–Crippen LogP) is 4.61. The lowest BCUT2D eigenvalue weighted by Crippen LogP contribution is -2.45. The molecule has 1 aromatic carbocycles. The molecule has 1 amide bonds. The molecule has 0 aromatic heterocycles. The van der Waals surface area contributed by atoms with Crippen molar-refractivity contribution in [2.45, 2.75) is 49.1 Å². The highest BCUT2D eigenvalue weighted by atomic mass is 35.5. The maximum atomic E-state index is 12.6. The smallest absolute Gasteiger partial charge is 0.251 e. The molecule has 1 heterocycles. The Hall–Kier alpha value is -0.360. The van der Waals surface area contributed by atoms with Gasteiger partial charge in [-0.05, 0) is 54.4 Å². The summed E-state index contributed by atoms with van der Waals surface area (Å²) in [5.41, 5.74) is 8.00. The van der Waals surface area contributed by atoms with Crippen molar-refractivity contribution in [1.29, 1.82) is 0 Å². The van der Waals surface area contributed by atoms with Gasteiger partial charge in [0.1, 0.15) is 0 Å². The Bertz CT molecular complexity index is 529. The molecule has 0 bridgehead atoms. The van der Waals surface area contributed by atoms with Crippen LogP contribution < -0.4 is 11.1 Å². The van der Waals surface area contributed by atoms with Crippen molar-refractivity contribution in [1.82, 2.24) is 5.32 Å². The topological polar surface area (TPSA) is 55.1 Å². The maximum absolute atomic E-state index is 12.6. The van der Waals surface area contributed by atoms with Crippen LogP contribution in [0.2, 0.25) is 0 Å². The van der Waals surface area contributed by atoms with E-state index in [0.717, 1.165) is 5.56 Å². The van der Waals surface area contributed by atoms with E-state index >= 15 is 0 Å². The van der Waals surface area contributed by atoms with Crippen molar-refractivity contribution >= 4 is 41.8 Å². The molecule has 3 nitrogen and oxygen atoms in total. The van der Waals surface area contributed by atoms with Gasteiger partial charge < -0.3 is 11.1 Å². The summed E-state index contributed by atoms with van der Waals surface area (Å²) in [6.07, 6.45) is 7.54. The summed E-state index contributed by atoms with van der Waals surface area (Å²) < 4.78 is 0.523. The molecule has 1 aliphatic carbocycles. The summed E-state index contributed by atoms with van der Waals surface area (Å²) in [7, 11) is 0. The highest BCUT2D eigenvalue weighted by molar-refractivity contribution is 8.16. The molecule has 140 valence electrons. The van der Waals surface area contributed by atoms with Crippen LogP contribution in [-0.4, -0.2) is 30.0 Å². The van der Waals surface area contributed by atoms with E-state index in [4.69, 9.17) is 5.73 Å². The van der Waals surface area contributed by atoms with Crippen LogP contribution in [0.1, 0.15) is 59.0 Å². The highest BCUT2D eigenvalue weighted by Gasteiger charge is 2.24. The summed E-state index contributed by atoms with van der Waals surface area (Å²) >= 11 is 4.02. The van der Waals surface area contributed by atoms with Gasteiger partial charge in [-0.2, -0.15) is 0 Å². The monoisotopic (exact) mass is 400 g/mol. The summed E-state index contributed by atoms with van der Waals surface area (Å²) in [4.78, 5) is 12.6. The molecule has 25 heavy (non-hydrogen) atoms. The van der Waals surface area contributed by atoms with Gasteiger partial charge in [0.15, 0.2) is 0 Å². The second kappa shape index (κ2) is 10.7. The Labute approximate surface area is 166 Å². The number of benzene rings is 1. The minimum absolute atomic E-state index is 0. The zero-order valence-electron chi connectivity index (χ0n) is 14.6. The van der Waals surface area contributed by atoms with Crippen LogP contribution in [0.25, 0.3) is 0 Å². The number of carbonyl (C=O) groups excluding carboxylic acids is 1. The standard InChI is InChI=1S/C19H28N2OS2.ClH/c20-13-17(14-5-2-1-3-6-14)21-18(22)15-7-9-16(10-8-15)19-23-11-4-12-24-19;/h7-10,14,17,19H,1-6,11-13,20H2,(H,21,22);1H. The van der Waals surface area contributed by atoms with Gasteiger partial charge in [0.05, 0.1) is 4.58 Å². The minimum atomic E-state index is 0. The molecule has 3 N–H and O–H groups in total. The number of halogens is 1. The largest absolute Gasteiger partial charge is 0.348 e. The zero-order chi connectivity index (χ0) is 16.8. The first-order valence-corrected chi connectivity index (χ1v) is 11.2. The van der Waals surface area contributed by atoms with Gasteiger partial charge in [0.25, 0.3) is 5.91 Å². The van der Waals surface area contributed by atoms with E-state index < -0.39 is 0 Å². The fourth-order valence-corrected chi connectivity index (χ4v) is 6.52. The number of nitrogens with two attached hydrogens (primary N) is 1. The van der Waals surface area contributed by atoms with E-state index in [1.807, 2.05) is 35.7 Å². The molecular formula is C19H29ClN2OS2. The second-order valence-electron chi connectivity index (χ2n) is 6.76. The van der Waals surface area contributed by atoms with Crippen molar-refractivity contribution in [2.24, 2.45) is 11.7 Å². The Morgan fingerprint density at radius 2 is 1.72 bits per heavy atom. The number of carbonyl (C=O) groups is 1. The summed E-state index contributed by atoms with van der Waals surface area (Å²) in [5, 5.41) is 3.18. The lowest BCUT2D eigenvalue weighted by Gasteiger charge is -2.30. The van der Waals surface area contributed by atoms with Crippen molar-refractivity contribution in [3.05, 3.63) is 35.4 Å². The number of thioether (sulfide) groups is 2. The fourth-order valence-electron chi connectivity index (χ4n) is 3.63. The van der Waals surface area contributed by atoms with Gasteiger partial charge in [-0.1, -0.05) is 31.4 Å². The molecular weight excluding hydrogens is 372 g/mol. The van der Waals surface area contributed by atoms with Gasteiger partial charge in [-0.15, -0.1) is 35.9 Å². The number of hydrogen-bond acceptors (Lipinski definition) is 4. The third-order valence-corrected chi connectivity index (χ3v) is 8.08. The molecule has 0 spiro atoms. The molecule has 1 atom stereocenters. The Balaban J connectivity index is 0.00000225. The number of rotatable bonds is 5. The fraction of sp³-hybridized carbons (Fsp3) is 0.632. The lowest BCUT2D eigenvalue weighted by molar-refractivity contribution is 0.0915. The van der Waals surface area contributed by atoms with Gasteiger partial charge in [0.2, 0.25) is 0 Å². The van der Waals surface area contributed by atoms with Gasteiger partial charge in [-0.25, -0.2) is 0 Å². The van der Waals surface area contributed by atoms with Crippen molar-refractivity contribution < 1.29 is 4.79 Å². The summed E-state index contributed by atoms with van der Waals surface area (Å²) in [5.74, 6) is 3.03. The number of hydrogen-bond donors (Lipinski definition) is 2. The molecule has 1 aromatic rings.